The number of ketones is 1. The Hall–Kier alpha value is -1.78. The molecule has 0 aliphatic heterocycles. The van der Waals surface area contributed by atoms with Crippen LogP contribution in [0.5, 0.6) is 0 Å². The van der Waals surface area contributed by atoms with Crippen LogP contribution in [-0.4, -0.2) is 94.9 Å². The number of hydrogen-bond donors (Lipinski definition) is 1. The molecule has 192 valence electrons. The molecule has 1 rings (SSSR count). The van der Waals surface area contributed by atoms with Crippen LogP contribution in [0, 0.1) is 0 Å². The van der Waals surface area contributed by atoms with E-state index in [1.807, 2.05) is 45.4 Å². The molecule has 0 saturated carbocycles. The van der Waals surface area contributed by atoms with Crippen molar-refractivity contribution in [1.29, 1.82) is 0 Å². The highest BCUT2D eigenvalue weighted by Crippen LogP contribution is 2.08. The first-order valence-electron chi connectivity index (χ1n) is 11.6. The third-order valence-electron chi connectivity index (χ3n) is 4.25. The summed E-state index contributed by atoms with van der Waals surface area (Å²) in [7, 11) is 0. The Morgan fingerprint density at radius 1 is 0.882 bits per heavy atom. The number of amides is 1. The summed E-state index contributed by atoms with van der Waals surface area (Å²) in [5.41, 5.74) is 1.44. The van der Waals surface area contributed by atoms with Crippen molar-refractivity contribution < 1.29 is 28.5 Å². The van der Waals surface area contributed by atoms with Crippen LogP contribution in [0.25, 0.3) is 0 Å². The second-order valence-corrected chi connectivity index (χ2v) is 9.34. The lowest BCUT2D eigenvalue weighted by Crippen LogP contribution is -2.27. The lowest BCUT2D eigenvalue weighted by atomic mass is 10.1. The third kappa shape index (κ3) is 16.8. The van der Waals surface area contributed by atoms with Gasteiger partial charge in [-0.2, -0.15) is 11.8 Å². The number of thioether (sulfide) groups is 1. The van der Waals surface area contributed by atoms with Crippen LogP contribution in [0.3, 0.4) is 0 Å². The molecule has 0 bridgehead atoms. The summed E-state index contributed by atoms with van der Waals surface area (Å²) in [5, 5.41) is 2.84. The Labute approximate surface area is 208 Å². The fourth-order valence-corrected chi connectivity index (χ4v) is 2.97. The topological polar surface area (TPSA) is 95.5 Å². The molecular formula is C25H40N2O6S. The molecule has 0 saturated heterocycles. The monoisotopic (exact) mass is 496 g/mol. The Kier molecular flexibility index (Phi) is 16.5. The Morgan fingerprint density at radius 2 is 1.41 bits per heavy atom. The van der Waals surface area contributed by atoms with Crippen LogP contribution < -0.4 is 5.32 Å². The molecule has 1 amide bonds. The first kappa shape index (κ1) is 30.3. The van der Waals surface area contributed by atoms with Gasteiger partial charge in [-0.1, -0.05) is 12.1 Å². The van der Waals surface area contributed by atoms with Gasteiger partial charge in [-0.25, -0.2) is 0 Å². The van der Waals surface area contributed by atoms with E-state index in [1.54, 1.807) is 12.1 Å². The van der Waals surface area contributed by atoms with Crippen molar-refractivity contribution in [2.24, 2.45) is 4.99 Å². The van der Waals surface area contributed by atoms with Gasteiger partial charge in [-0.3, -0.25) is 14.6 Å². The molecule has 0 aromatic heterocycles. The van der Waals surface area contributed by atoms with Gasteiger partial charge >= 0.3 is 0 Å². The molecular weight excluding hydrogens is 456 g/mol. The van der Waals surface area contributed by atoms with Gasteiger partial charge in [0.1, 0.15) is 5.78 Å². The summed E-state index contributed by atoms with van der Waals surface area (Å²) in [4.78, 5) is 28.0. The van der Waals surface area contributed by atoms with Gasteiger partial charge < -0.3 is 24.3 Å². The summed E-state index contributed by atoms with van der Waals surface area (Å²) in [6, 6.07) is 7.34. The highest BCUT2D eigenvalue weighted by Gasteiger charge is 2.06. The molecule has 8 nitrogen and oxygen atoms in total. The molecule has 0 spiro atoms. The van der Waals surface area contributed by atoms with Crippen LogP contribution in [-0.2, 0) is 23.7 Å². The van der Waals surface area contributed by atoms with Crippen LogP contribution in [0.4, 0.5) is 0 Å². The number of Topliss-reactive ketones (excluding diaryl/α,β-unsaturated/α-hetero) is 1. The Bertz CT molecular complexity index is 719. The van der Waals surface area contributed by atoms with Crippen molar-refractivity contribution in [2.45, 2.75) is 32.7 Å². The van der Waals surface area contributed by atoms with E-state index >= 15 is 0 Å². The number of aliphatic imine (C=N–C) groups is 1. The fraction of sp³-hybridized carbons (Fsp3) is 0.640. The number of hydrogen-bond acceptors (Lipinski definition) is 8. The maximum atomic E-state index is 12.2. The van der Waals surface area contributed by atoms with E-state index < -0.39 is 0 Å². The lowest BCUT2D eigenvalue weighted by molar-refractivity contribution is -0.117. The van der Waals surface area contributed by atoms with Gasteiger partial charge in [0, 0.05) is 24.7 Å². The second-order valence-electron chi connectivity index (χ2n) is 8.48. The minimum Gasteiger partial charge on any atom is -0.379 e. The lowest BCUT2D eigenvalue weighted by Gasteiger charge is -2.11. The van der Waals surface area contributed by atoms with Crippen molar-refractivity contribution in [2.75, 3.05) is 71.4 Å². The number of nitrogens with zero attached hydrogens (tertiary/aromatic N) is 1. The SMILES string of the molecule is CSCC(=O)CCOCCOCCOCCOCCNC(=O)c1ccc(C=NC(C)(C)C)cc1. The van der Waals surface area contributed by atoms with Crippen molar-refractivity contribution in [3.05, 3.63) is 35.4 Å². The minimum atomic E-state index is -0.133. The van der Waals surface area contributed by atoms with Crippen LogP contribution >= 0.6 is 11.8 Å². The van der Waals surface area contributed by atoms with Gasteiger partial charge in [0.05, 0.1) is 64.1 Å². The smallest absolute Gasteiger partial charge is 0.251 e. The quantitative estimate of drug-likeness (QED) is 0.232. The number of rotatable bonds is 19. The molecule has 0 aliphatic carbocycles. The molecule has 1 aromatic carbocycles. The van der Waals surface area contributed by atoms with Gasteiger partial charge in [0.2, 0.25) is 0 Å². The third-order valence-corrected chi connectivity index (χ3v) is 4.86. The highest BCUT2D eigenvalue weighted by molar-refractivity contribution is 7.99. The predicted molar refractivity (Wildman–Crippen MR) is 137 cm³/mol. The van der Waals surface area contributed by atoms with Gasteiger partial charge in [-0.15, -0.1) is 0 Å². The van der Waals surface area contributed by atoms with E-state index in [9.17, 15) is 9.59 Å². The maximum Gasteiger partial charge on any atom is 0.251 e. The van der Waals surface area contributed by atoms with E-state index in [2.05, 4.69) is 10.3 Å². The summed E-state index contributed by atoms with van der Waals surface area (Å²) >= 11 is 1.53. The molecule has 9 heteroatoms. The first-order valence-corrected chi connectivity index (χ1v) is 13.0. The van der Waals surface area contributed by atoms with Crippen LogP contribution in [0.15, 0.2) is 29.3 Å². The van der Waals surface area contributed by atoms with Crippen molar-refractivity contribution in [3.8, 4) is 0 Å². The summed E-state index contributed by atoms with van der Waals surface area (Å²) in [6.45, 7) is 10.2. The zero-order valence-electron chi connectivity index (χ0n) is 21.0. The average Bonchev–Trinajstić information content (AvgIpc) is 2.80. The largest absolute Gasteiger partial charge is 0.379 e. The van der Waals surface area contributed by atoms with E-state index in [0.29, 0.717) is 77.1 Å². The molecule has 0 aliphatic rings. The zero-order chi connectivity index (χ0) is 25.1. The van der Waals surface area contributed by atoms with Crippen molar-refractivity contribution in [1.82, 2.24) is 5.32 Å². The van der Waals surface area contributed by atoms with Gasteiger partial charge in [0.25, 0.3) is 5.91 Å². The number of nitrogens with one attached hydrogen (secondary N) is 1. The zero-order valence-corrected chi connectivity index (χ0v) is 21.8. The molecule has 34 heavy (non-hydrogen) atoms. The molecule has 0 unspecified atom stereocenters. The highest BCUT2D eigenvalue weighted by atomic mass is 32.2. The standard InChI is InChI=1S/C25H40N2O6S/c1-25(2,3)27-19-21-5-7-22(8-6-21)24(29)26-10-12-31-14-16-33-18-17-32-15-13-30-11-9-23(28)20-34-4/h5-8,19H,9-18,20H2,1-4H3,(H,26,29). The number of carbonyl (C=O) groups excluding carboxylic acids is 2. The molecule has 1 N–H and O–H groups in total. The Balaban J connectivity index is 1.94. The molecule has 1 aromatic rings. The van der Waals surface area contributed by atoms with Gasteiger partial charge in [-0.05, 0) is 44.7 Å². The van der Waals surface area contributed by atoms with E-state index in [4.69, 9.17) is 18.9 Å². The van der Waals surface area contributed by atoms with E-state index in [-0.39, 0.29) is 17.2 Å². The first-order chi connectivity index (χ1) is 16.3. The van der Waals surface area contributed by atoms with Crippen molar-refractivity contribution >= 4 is 29.7 Å². The van der Waals surface area contributed by atoms with Gasteiger partial charge in [0.15, 0.2) is 0 Å². The normalized spacial score (nSPS) is 11.8. The number of carbonyl (C=O) groups is 2. The molecule has 0 fully saturated rings. The number of benzene rings is 1. The predicted octanol–water partition coefficient (Wildman–Crippen LogP) is 3.02. The van der Waals surface area contributed by atoms with Crippen LogP contribution in [0.2, 0.25) is 0 Å². The van der Waals surface area contributed by atoms with Crippen molar-refractivity contribution in [3.63, 3.8) is 0 Å². The molecule has 0 heterocycles. The summed E-state index contributed by atoms with van der Waals surface area (Å²) in [5.74, 6) is 0.615. The minimum absolute atomic E-state index is 0.124. The number of ether oxygens (including phenoxy) is 4. The van der Waals surface area contributed by atoms with Crippen LogP contribution in [0.1, 0.15) is 43.1 Å². The Morgan fingerprint density at radius 3 is 1.94 bits per heavy atom. The second kappa shape index (κ2) is 18.5. The maximum absolute atomic E-state index is 12.2. The summed E-state index contributed by atoms with van der Waals surface area (Å²) < 4.78 is 21.7. The molecule has 0 radical (unpaired) electrons. The summed E-state index contributed by atoms with van der Waals surface area (Å²) in [6.07, 6.45) is 4.18. The molecule has 0 atom stereocenters. The van der Waals surface area contributed by atoms with E-state index in [0.717, 1.165) is 5.56 Å². The average molecular weight is 497 g/mol. The van der Waals surface area contributed by atoms with E-state index in [1.165, 1.54) is 11.8 Å². The fourth-order valence-electron chi connectivity index (χ4n) is 2.51.